The quantitative estimate of drug-likeness (QED) is 0.845. The number of anilines is 2. The van der Waals surface area contributed by atoms with Gasteiger partial charge < -0.3 is 15.4 Å². The van der Waals surface area contributed by atoms with Crippen LogP contribution in [0, 0.1) is 6.92 Å². The first-order valence-electron chi connectivity index (χ1n) is 8.59. The molecule has 2 heterocycles. The van der Waals surface area contributed by atoms with Crippen molar-refractivity contribution in [3.63, 3.8) is 0 Å². The van der Waals surface area contributed by atoms with Crippen LogP contribution in [0.2, 0.25) is 0 Å². The van der Waals surface area contributed by atoms with Gasteiger partial charge in [0.05, 0.1) is 25.1 Å². The van der Waals surface area contributed by atoms with Crippen molar-refractivity contribution in [3.05, 3.63) is 53.7 Å². The highest BCUT2D eigenvalue weighted by atomic mass is 16.5. The molecule has 6 heteroatoms. The lowest BCUT2D eigenvalue weighted by atomic mass is 10.1. The number of hydrogen-bond donors (Lipinski definition) is 2. The third-order valence-electron chi connectivity index (χ3n) is 4.15. The van der Waals surface area contributed by atoms with Gasteiger partial charge in [0.25, 0.3) is 5.91 Å². The van der Waals surface area contributed by atoms with Crippen LogP contribution in [-0.4, -0.2) is 55.2 Å². The minimum atomic E-state index is -0.149. The van der Waals surface area contributed by atoms with E-state index in [9.17, 15) is 4.79 Å². The molecule has 1 fully saturated rings. The number of nitrogens with zero attached hydrogens (tertiary/aromatic N) is 2. The first-order chi connectivity index (χ1) is 12.2. The van der Waals surface area contributed by atoms with E-state index < -0.39 is 0 Å². The van der Waals surface area contributed by atoms with Gasteiger partial charge in [0, 0.05) is 31.7 Å². The summed E-state index contributed by atoms with van der Waals surface area (Å²) in [5, 5.41) is 6.17. The zero-order chi connectivity index (χ0) is 17.5. The van der Waals surface area contributed by atoms with Crippen molar-refractivity contribution in [1.29, 1.82) is 0 Å². The number of amides is 1. The summed E-state index contributed by atoms with van der Waals surface area (Å²) >= 11 is 0. The van der Waals surface area contributed by atoms with Crippen molar-refractivity contribution in [2.24, 2.45) is 0 Å². The summed E-state index contributed by atoms with van der Waals surface area (Å²) < 4.78 is 5.34. The van der Waals surface area contributed by atoms with E-state index in [-0.39, 0.29) is 5.91 Å². The average Bonchev–Trinajstić information content (AvgIpc) is 2.64. The predicted molar refractivity (Wildman–Crippen MR) is 99.1 cm³/mol. The number of aryl methyl sites for hydroxylation is 1. The van der Waals surface area contributed by atoms with E-state index in [4.69, 9.17) is 4.74 Å². The predicted octanol–water partition coefficient (Wildman–Crippen LogP) is 2.39. The molecule has 1 aliphatic heterocycles. The molecule has 0 atom stereocenters. The Morgan fingerprint density at radius 3 is 2.80 bits per heavy atom. The first-order valence-corrected chi connectivity index (χ1v) is 8.59. The highest BCUT2D eigenvalue weighted by Gasteiger charge is 2.09. The molecule has 2 N–H and O–H groups in total. The Labute approximate surface area is 148 Å². The topological polar surface area (TPSA) is 66.5 Å². The lowest BCUT2D eigenvalue weighted by Crippen LogP contribution is -2.39. The van der Waals surface area contributed by atoms with Gasteiger partial charge in [-0.1, -0.05) is 17.7 Å². The number of carbonyl (C=O) groups excluding carboxylic acids is 1. The lowest BCUT2D eigenvalue weighted by molar-refractivity contribution is 0.0398. The number of ether oxygens (including phenoxy) is 1. The Morgan fingerprint density at radius 1 is 1.24 bits per heavy atom. The summed E-state index contributed by atoms with van der Waals surface area (Å²) in [5.74, 6) is 0.398. The number of nitrogens with one attached hydrogen (secondary N) is 2. The van der Waals surface area contributed by atoms with E-state index >= 15 is 0 Å². The van der Waals surface area contributed by atoms with Gasteiger partial charge in [0.15, 0.2) is 0 Å². The molecule has 1 aromatic heterocycles. The molecule has 1 amide bonds. The molecule has 0 bridgehead atoms. The van der Waals surface area contributed by atoms with Gasteiger partial charge in [0.1, 0.15) is 5.82 Å². The van der Waals surface area contributed by atoms with Crippen LogP contribution in [0.15, 0.2) is 42.6 Å². The SMILES string of the molecule is Cc1cccc(C(=O)Nc2ccc(NCCN3CCOCC3)cn2)c1. The number of hydrogen-bond acceptors (Lipinski definition) is 5. The van der Waals surface area contributed by atoms with Gasteiger partial charge in [-0.05, 0) is 31.2 Å². The maximum atomic E-state index is 12.2. The minimum Gasteiger partial charge on any atom is -0.383 e. The molecule has 3 rings (SSSR count). The number of aromatic nitrogens is 1. The monoisotopic (exact) mass is 340 g/mol. The molecule has 0 unspecified atom stereocenters. The van der Waals surface area contributed by atoms with Gasteiger partial charge in [-0.25, -0.2) is 4.98 Å². The van der Waals surface area contributed by atoms with Crippen LogP contribution >= 0.6 is 0 Å². The molecule has 2 aromatic rings. The number of carbonyl (C=O) groups is 1. The molecule has 25 heavy (non-hydrogen) atoms. The molecular formula is C19H24N4O2. The van der Waals surface area contributed by atoms with Gasteiger partial charge in [0.2, 0.25) is 0 Å². The smallest absolute Gasteiger partial charge is 0.256 e. The largest absolute Gasteiger partial charge is 0.383 e. The Hall–Kier alpha value is -2.44. The zero-order valence-corrected chi connectivity index (χ0v) is 14.5. The molecule has 1 saturated heterocycles. The van der Waals surface area contributed by atoms with Crippen molar-refractivity contribution in [2.45, 2.75) is 6.92 Å². The highest BCUT2D eigenvalue weighted by molar-refractivity contribution is 6.03. The molecule has 6 nitrogen and oxygen atoms in total. The van der Waals surface area contributed by atoms with E-state index in [1.165, 1.54) is 0 Å². The molecule has 132 valence electrons. The van der Waals surface area contributed by atoms with Crippen molar-refractivity contribution < 1.29 is 9.53 Å². The Balaban J connectivity index is 1.47. The van der Waals surface area contributed by atoms with Crippen molar-refractivity contribution in [2.75, 3.05) is 50.0 Å². The summed E-state index contributed by atoms with van der Waals surface area (Å²) in [4.78, 5) is 18.9. The number of rotatable bonds is 6. The number of benzene rings is 1. The maximum Gasteiger partial charge on any atom is 0.256 e. The maximum absolute atomic E-state index is 12.2. The summed E-state index contributed by atoms with van der Waals surface area (Å²) in [6, 6.07) is 11.2. The van der Waals surface area contributed by atoms with Crippen LogP contribution in [0.3, 0.4) is 0 Å². The molecule has 0 saturated carbocycles. The second-order valence-electron chi connectivity index (χ2n) is 6.14. The van der Waals surface area contributed by atoms with Gasteiger partial charge >= 0.3 is 0 Å². The Bertz CT molecular complexity index is 697. The minimum absolute atomic E-state index is 0.149. The van der Waals surface area contributed by atoms with E-state index in [0.29, 0.717) is 11.4 Å². The summed E-state index contributed by atoms with van der Waals surface area (Å²) in [5.41, 5.74) is 2.64. The molecule has 1 aromatic carbocycles. The molecular weight excluding hydrogens is 316 g/mol. The van der Waals surface area contributed by atoms with E-state index in [1.54, 1.807) is 12.3 Å². The van der Waals surface area contributed by atoms with E-state index in [0.717, 1.165) is 50.6 Å². The van der Waals surface area contributed by atoms with E-state index in [2.05, 4.69) is 20.5 Å². The summed E-state index contributed by atoms with van der Waals surface area (Å²) in [6.45, 7) is 7.42. The second-order valence-corrected chi connectivity index (χ2v) is 6.14. The van der Waals surface area contributed by atoms with Crippen LogP contribution in [0.25, 0.3) is 0 Å². The van der Waals surface area contributed by atoms with Crippen LogP contribution in [0.1, 0.15) is 15.9 Å². The third kappa shape index (κ3) is 5.27. The number of pyridine rings is 1. The Morgan fingerprint density at radius 2 is 2.08 bits per heavy atom. The van der Waals surface area contributed by atoms with Gasteiger partial charge in [-0.3, -0.25) is 9.69 Å². The molecule has 0 radical (unpaired) electrons. The van der Waals surface area contributed by atoms with Crippen molar-refractivity contribution >= 4 is 17.4 Å². The van der Waals surface area contributed by atoms with Crippen LogP contribution in [-0.2, 0) is 4.74 Å². The molecule has 1 aliphatic rings. The standard InChI is InChI=1S/C19H24N4O2/c1-15-3-2-4-16(13-15)19(24)22-18-6-5-17(14-21-18)20-7-8-23-9-11-25-12-10-23/h2-6,13-14,20H,7-12H2,1H3,(H,21,22,24). The fourth-order valence-corrected chi connectivity index (χ4v) is 2.73. The van der Waals surface area contributed by atoms with Crippen molar-refractivity contribution in [1.82, 2.24) is 9.88 Å². The molecule has 0 spiro atoms. The van der Waals surface area contributed by atoms with Crippen LogP contribution in [0.5, 0.6) is 0 Å². The normalized spacial score (nSPS) is 14.9. The fourth-order valence-electron chi connectivity index (χ4n) is 2.73. The fraction of sp³-hybridized carbons (Fsp3) is 0.368. The summed E-state index contributed by atoms with van der Waals surface area (Å²) in [7, 11) is 0. The highest BCUT2D eigenvalue weighted by Crippen LogP contribution is 2.12. The average molecular weight is 340 g/mol. The van der Waals surface area contributed by atoms with Gasteiger partial charge in [-0.15, -0.1) is 0 Å². The summed E-state index contributed by atoms with van der Waals surface area (Å²) in [6.07, 6.45) is 1.74. The zero-order valence-electron chi connectivity index (χ0n) is 14.5. The van der Waals surface area contributed by atoms with Crippen LogP contribution in [0.4, 0.5) is 11.5 Å². The second kappa shape index (κ2) is 8.60. The van der Waals surface area contributed by atoms with Crippen molar-refractivity contribution in [3.8, 4) is 0 Å². The Kier molecular flexibility index (Phi) is 5.98. The third-order valence-corrected chi connectivity index (χ3v) is 4.15. The lowest BCUT2D eigenvalue weighted by Gasteiger charge is -2.26. The number of morpholine rings is 1. The van der Waals surface area contributed by atoms with Gasteiger partial charge in [-0.2, -0.15) is 0 Å². The molecule has 0 aliphatic carbocycles. The van der Waals surface area contributed by atoms with E-state index in [1.807, 2.05) is 37.3 Å². The van der Waals surface area contributed by atoms with Crippen LogP contribution < -0.4 is 10.6 Å². The first kappa shape index (κ1) is 17.4.